The summed E-state index contributed by atoms with van der Waals surface area (Å²) in [5, 5.41) is 8.97. The molecule has 29 heavy (non-hydrogen) atoms. The first-order valence-electron chi connectivity index (χ1n) is 8.60. The van der Waals surface area contributed by atoms with Crippen LogP contribution in [0.2, 0.25) is 10.0 Å². The van der Waals surface area contributed by atoms with E-state index in [0.717, 1.165) is 0 Å². The minimum atomic E-state index is -3.86. The number of carbonyl (C=O) groups excluding carboxylic acids is 2. The van der Waals surface area contributed by atoms with Gasteiger partial charge < -0.3 is 10.5 Å². The molecule has 0 aromatic heterocycles. The van der Waals surface area contributed by atoms with E-state index in [1.807, 2.05) is 0 Å². The van der Waals surface area contributed by atoms with Crippen LogP contribution in [0.25, 0.3) is 0 Å². The molecule has 0 spiro atoms. The molecule has 1 aliphatic heterocycles. The van der Waals surface area contributed by atoms with Crippen molar-refractivity contribution in [1.29, 1.82) is 5.26 Å². The van der Waals surface area contributed by atoms with Crippen LogP contribution >= 0.6 is 23.2 Å². The van der Waals surface area contributed by atoms with Gasteiger partial charge in [-0.1, -0.05) is 29.3 Å². The number of nitriles is 1. The van der Waals surface area contributed by atoms with Gasteiger partial charge in [0.25, 0.3) is 0 Å². The zero-order valence-corrected chi connectivity index (χ0v) is 17.9. The summed E-state index contributed by atoms with van der Waals surface area (Å²) in [5.74, 6) is -1.86. The Morgan fingerprint density at radius 1 is 1.31 bits per heavy atom. The molecule has 1 fully saturated rings. The summed E-state index contributed by atoms with van der Waals surface area (Å²) in [6, 6.07) is 6.03. The number of carbonyl (C=O) groups is 2. The van der Waals surface area contributed by atoms with Crippen LogP contribution in [-0.2, 0) is 24.3 Å². The van der Waals surface area contributed by atoms with Crippen molar-refractivity contribution < 1.29 is 22.7 Å². The summed E-state index contributed by atoms with van der Waals surface area (Å²) in [6.45, 7) is 0.988. The maximum atomic E-state index is 12.8. The van der Waals surface area contributed by atoms with E-state index in [4.69, 9.17) is 38.9 Å². The Kier molecular flexibility index (Phi) is 7.66. The lowest BCUT2D eigenvalue weighted by molar-refractivity contribution is -0.152. The fraction of sp³-hybridized carbons (Fsp3) is 0.389. The Labute approximate surface area is 178 Å². The van der Waals surface area contributed by atoms with E-state index in [1.165, 1.54) is 29.4 Å². The number of rotatable bonds is 6. The Bertz CT molecular complexity index is 989. The number of ether oxygens (including phenoxy) is 1. The van der Waals surface area contributed by atoms with Gasteiger partial charge in [0, 0.05) is 18.8 Å². The van der Waals surface area contributed by atoms with Crippen molar-refractivity contribution in [3.05, 3.63) is 39.5 Å². The van der Waals surface area contributed by atoms with E-state index >= 15 is 0 Å². The molecule has 0 bridgehead atoms. The number of nitrogens with zero attached hydrogens (tertiary/aromatic N) is 2. The first kappa shape index (κ1) is 23.2. The molecule has 11 heteroatoms. The van der Waals surface area contributed by atoms with E-state index in [9.17, 15) is 18.0 Å². The average Bonchev–Trinajstić information content (AvgIpc) is 2.68. The van der Waals surface area contributed by atoms with Gasteiger partial charge in [0.2, 0.25) is 15.8 Å². The minimum Gasteiger partial charge on any atom is -0.457 e. The zero-order chi connectivity index (χ0) is 21.8. The summed E-state index contributed by atoms with van der Waals surface area (Å²) in [7, 11) is -3.86. The number of esters is 1. The Balaban J connectivity index is 1.97. The second kappa shape index (κ2) is 9.59. The smallest absolute Gasteiger partial charge is 0.309 e. The summed E-state index contributed by atoms with van der Waals surface area (Å²) in [4.78, 5) is 24.0. The van der Waals surface area contributed by atoms with Crippen LogP contribution in [-0.4, -0.2) is 44.2 Å². The van der Waals surface area contributed by atoms with Gasteiger partial charge in [0.15, 0.2) is 6.61 Å². The molecule has 8 nitrogen and oxygen atoms in total. The first-order chi connectivity index (χ1) is 13.6. The second-order valence-corrected chi connectivity index (χ2v) is 9.12. The molecule has 1 heterocycles. The third-order valence-corrected chi connectivity index (χ3v) is 7.32. The summed E-state index contributed by atoms with van der Waals surface area (Å²) < 4.78 is 31.8. The molecule has 0 saturated carbocycles. The monoisotopic (exact) mass is 459 g/mol. The van der Waals surface area contributed by atoms with Crippen molar-refractivity contribution in [2.24, 2.45) is 11.7 Å². The molecule has 2 N–H and O–H groups in total. The highest BCUT2D eigenvalue weighted by molar-refractivity contribution is 7.89. The number of nitrogens with two attached hydrogens (primary N) is 1. The van der Waals surface area contributed by atoms with Crippen LogP contribution in [0.4, 0.5) is 0 Å². The van der Waals surface area contributed by atoms with Gasteiger partial charge in [-0.25, -0.2) is 8.42 Å². The molecule has 1 aromatic rings. The number of Topliss-reactive ketones (excluding diaryl/α,β-unsaturated/α-hetero) is 1. The van der Waals surface area contributed by atoms with Crippen LogP contribution in [0.5, 0.6) is 0 Å². The van der Waals surface area contributed by atoms with Crippen molar-refractivity contribution in [3.63, 3.8) is 0 Å². The Morgan fingerprint density at radius 3 is 2.48 bits per heavy atom. The van der Waals surface area contributed by atoms with Crippen molar-refractivity contribution in [3.8, 4) is 6.07 Å². The van der Waals surface area contributed by atoms with Crippen LogP contribution < -0.4 is 5.73 Å². The van der Waals surface area contributed by atoms with Crippen molar-refractivity contribution in [1.82, 2.24) is 4.31 Å². The molecule has 0 radical (unpaired) electrons. The number of hydrogen-bond donors (Lipinski definition) is 1. The van der Waals surface area contributed by atoms with Gasteiger partial charge in [-0.15, -0.1) is 0 Å². The van der Waals surface area contributed by atoms with Gasteiger partial charge >= 0.3 is 5.97 Å². The van der Waals surface area contributed by atoms with Crippen molar-refractivity contribution >= 4 is 45.0 Å². The fourth-order valence-corrected chi connectivity index (χ4v) is 5.06. The SMILES string of the molecule is C/C(N)=C(/C#N)C(=O)COC(=O)C1CCN(S(=O)(=O)c2cccc(Cl)c2Cl)CC1. The van der Waals surface area contributed by atoms with Crippen LogP contribution in [0.3, 0.4) is 0 Å². The van der Waals surface area contributed by atoms with Crippen LogP contribution in [0.15, 0.2) is 34.4 Å². The largest absolute Gasteiger partial charge is 0.457 e. The van der Waals surface area contributed by atoms with Gasteiger partial charge in [0.1, 0.15) is 16.5 Å². The molecular weight excluding hydrogens is 441 g/mol. The van der Waals surface area contributed by atoms with Gasteiger partial charge in [-0.2, -0.15) is 9.57 Å². The summed E-state index contributed by atoms with van der Waals surface area (Å²) >= 11 is 11.9. The third kappa shape index (κ3) is 5.28. The predicted molar refractivity (Wildman–Crippen MR) is 106 cm³/mol. The molecule has 0 aliphatic carbocycles. The third-order valence-electron chi connectivity index (χ3n) is 4.45. The van der Waals surface area contributed by atoms with Gasteiger partial charge in [-0.3, -0.25) is 9.59 Å². The quantitative estimate of drug-likeness (QED) is 0.391. The first-order valence-corrected chi connectivity index (χ1v) is 10.8. The highest BCUT2D eigenvalue weighted by atomic mass is 35.5. The molecule has 1 aromatic carbocycles. The lowest BCUT2D eigenvalue weighted by atomic mass is 9.98. The van der Waals surface area contributed by atoms with Crippen LogP contribution in [0, 0.1) is 17.2 Å². The molecule has 1 saturated heterocycles. The number of piperidine rings is 1. The van der Waals surface area contributed by atoms with Crippen LogP contribution in [0.1, 0.15) is 19.8 Å². The normalized spacial score (nSPS) is 16.6. The highest BCUT2D eigenvalue weighted by Crippen LogP contribution is 2.32. The number of hydrogen-bond acceptors (Lipinski definition) is 7. The number of ketones is 1. The van der Waals surface area contributed by atoms with Gasteiger partial charge in [-0.05, 0) is 31.9 Å². The number of sulfonamides is 1. The topological polar surface area (TPSA) is 131 Å². The number of halogens is 2. The summed E-state index contributed by atoms with van der Waals surface area (Å²) in [6.07, 6.45) is 0.447. The fourth-order valence-electron chi connectivity index (χ4n) is 2.85. The molecular formula is C18H19Cl2N3O5S. The average molecular weight is 460 g/mol. The highest BCUT2D eigenvalue weighted by Gasteiger charge is 2.34. The van der Waals surface area contributed by atoms with E-state index in [1.54, 1.807) is 6.07 Å². The van der Waals surface area contributed by atoms with Crippen molar-refractivity contribution in [2.75, 3.05) is 19.7 Å². The number of allylic oxidation sites excluding steroid dienone is 1. The van der Waals surface area contributed by atoms with E-state index in [0.29, 0.717) is 0 Å². The second-order valence-electron chi connectivity index (χ2n) is 6.43. The molecule has 2 rings (SSSR count). The van der Waals surface area contributed by atoms with Gasteiger partial charge in [0.05, 0.1) is 16.0 Å². The lowest BCUT2D eigenvalue weighted by Crippen LogP contribution is -2.40. The number of benzene rings is 1. The molecule has 156 valence electrons. The molecule has 0 amide bonds. The van der Waals surface area contributed by atoms with E-state index in [-0.39, 0.29) is 52.1 Å². The zero-order valence-electron chi connectivity index (χ0n) is 15.5. The molecule has 0 unspecified atom stereocenters. The maximum absolute atomic E-state index is 12.8. The summed E-state index contributed by atoms with van der Waals surface area (Å²) in [5.41, 5.74) is 5.23. The minimum absolute atomic E-state index is 0.0479. The standard InChI is InChI=1S/C18H19Cl2N3O5S/c1-11(22)13(9-21)15(24)10-28-18(25)12-5-7-23(8-6-12)29(26,27)16-4-2-3-14(19)17(16)20/h2-4,12H,5-8,10,22H2,1H3/b13-11+. The molecule has 1 aliphatic rings. The Hall–Kier alpha value is -2.12. The lowest BCUT2D eigenvalue weighted by Gasteiger charge is -2.30. The van der Waals surface area contributed by atoms with Crippen molar-refractivity contribution in [2.45, 2.75) is 24.7 Å². The van der Waals surface area contributed by atoms with E-state index in [2.05, 4.69) is 0 Å². The maximum Gasteiger partial charge on any atom is 0.309 e. The molecule has 0 atom stereocenters. The Morgan fingerprint density at radius 2 is 1.93 bits per heavy atom. The predicted octanol–water partition coefficient (Wildman–Crippen LogP) is 2.26. The van der Waals surface area contributed by atoms with E-state index < -0.39 is 34.3 Å².